The number of alkyl halides is 5. The van der Waals surface area contributed by atoms with Crippen LogP contribution in [0.15, 0.2) is 32.8 Å². The van der Waals surface area contributed by atoms with E-state index in [0.29, 0.717) is 0 Å². The van der Waals surface area contributed by atoms with Gasteiger partial charge in [0.1, 0.15) is 10.3 Å². The van der Waals surface area contributed by atoms with Crippen LogP contribution < -0.4 is 0 Å². The summed E-state index contributed by atoms with van der Waals surface area (Å²) in [6.07, 6.45) is 2.30. The fraction of sp³-hybridized carbons (Fsp3) is 0.375. The van der Waals surface area contributed by atoms with Crippen LogP contribution in [0.1, 0.15) is 0 Å². The van der Waals surface area contributed by atoms with Crippen LogP contribution >= 0.6 is 92.8 Å². The van der Waals surface area contributed by atoms with Crippen molar-refractivity contribution in [2.75, 3.05) is 0 Å². The molecule has 0 fully saturated rings. The van der Waals surface area contributed by atoms with Crippen molar-refractivity contribution in [1.82, 2.24) is 0 Å². The molecule has 0 heterocycles. The molecule has 0 bridgehead atoms. The van der Waals surface area contributed by atoms with Gasteiger partial charge >= 0.3 is 0 Å². The van der Waals surface area contributed by atoms with E-state index in [0.717, 1.165) is 6.08 Å². The van der Waals surface area contributed by atoms with Crippen molar-refractivity contribution >= 4 is 92.8 Å². The second-order valence-corrected chi connectivity index (χ2v) is 9.62. The highest BCUT2D eigenvalue weighted by Crippen LogP contribution is 2.66. The monoisotopic (exact) mass is 532 g/mol. The van der Waals surface area contributed by atoms with Crippen LogP contribution in [-0.4, -0.2) is 25.4 Å². The van der Waals surface area contributed by atoms with E-state index in [1.54, 1.807) is 18.2 Å². The molecule has 0 saturated carbocycles. The summed E-state index contributed by atoms with van der Waals surface area (Å²) in [5, 5.41) is 35.1. The van der Waals surface area contributed by atoms with Crippen molar-refractivity contribution in [3.05, 3.63) is 32.8 Å². The first-order valence-electron chi connectivity index (χ1n) is 7.04. The van der Waals surface area contributed by atoms with Gasteiger partial charge in [0.15, 0.2) is 9.75 Å². The molecule has 144 valence electrons. The van der Waals surface area contributed by atoms with Crippen LogP contribution in [0.5, 0.6) is 0 Å². The quantitative estimate of drug-likeness (QED) is 0.305. The standard InChI is InChI=1S/C16H4Cl8N4/c17-8-1-2-15(23,16(24,6-28)14(8,22)5-27)13(4-26)11(20)7(3-25)9(18)10(19)12(13)21/h1-2,8,11H. The molecule has 2 rings (SSSR count). The minimum atomic E-state index is -2.54. The number of hydrogen-bond acceptors (Lipinski definition) is 4. The van der Waals surface area contributed by atoms with E-state index in [9.17, 15) is 21.0 Å². The van der Waals surface area contributed by atoms with E-state index in [2.05, 4.69) is 0 Å². The largest absolute Gasteiger partial charge is 0.197 e. The molecule has 0 saturated heterocycles. The van der Waals surface area contributed by atoms with Gasteiger partial charge in [-0.1, -0.05) is 70.2 Å². The summed E-state index contributed by atoms with van der Waals surface area (Å²) < 4.78 is 0. The predicted molar refractivity (Wildman–Crippen MR) is 111 cm³/mol. The Morgan fingerprint density at radius 2 is 1.43 bits per heavy atom. The number of rotatable bonds is 1. The summed E-state index contributed by atoms with van der Waals surface area (Å²) in [7, 11) is 0. The Labute approximate surface area is 200 Å². The zero-order valence-electron chi connectivity index (χ0n) is 13.1. The fourth-order valence-electron chi connectivity index (χ4n) is 3.09. The highest BCUT2D eigenvalue weighted by Gasteiger charge is 2.76. The van der Waals surface area contributed by atoms with Crippen molar-refractivity contribution in [2.24, 2.45) is 5.41 Å². The Morgan fingerprint density at radius 3 is 1.86 bits per heavy atom. The van der Waals surface area contributed by atoms with Gasteiger partial charge in [-0.3, -0.25) is 0 Å². The number of allylic oxidation sites excluding steroid dienone is 6. The third-order valence-corrected chi connectivity index (χ3v) is 9.43. The van der Waals surface area contributed by atoms with Gasteiger partial charge in [0.25, 0.3) is 0 Å². The van der Waals surface area contributed by atoms with Gasteiger partial charge in [0.2, 0.25) is 0 Å². The third-order valence-electron chi connectivity index (χ3n) is 4.67. The van der Waals surface area contributed by atoms with E-state index in [1.807, 2.05) is 6.07 Å². The highest BCUT2D eigenvalue weighted by molar-refractivity contribution is 6.52. The van der Waals surface area contributed by atoms with Gasteiger partial charge in [0.05, 0.1) is 55.7 Å². The lowest BCUT2D eigenvalue weighted by Gasteiger charge is -2.54. The van der Waals surface area contributed by atoms with E-state index >= 15 is 0 Å². The zero-order chi connectivity index (χ0) is 21.7. The van der Waals surface area contributed by atoms with Crippen molar-refractivity contribution in [2.45, 2.75) is 25.4 Å². The lowest BCUT2D eigenvalue weighted by atomic mass is 9.59. The molecular formula is C16H4Cl8N4. The first-order valence-corrected chi connectivity index (χ1v) is 10.2. The SMILES string of the molecule is N#CC1=C(Cl)C(Cl)=C(Cl)C(C#N)(C2(Cl)C=CC(Cl)C(Cl)(C#N)C2(Cl)C#N)C1Cl. The van der Waals surface area contributed by atoms with Crippen LogP contribution in [0.25, 0.3) is 0 Å². The minimum Gasteiger partial charge on any atom is -0.197 e. The molecule has 0 spiro atoms. The topological polar surface area (TPSA) is 95.2 Å². The molecule has 28 heavy (non-hydrogen) atoms. The van der Waals surface area contributed by atoms with Gasteiger partial charge in [-0.2, -0.15) is 21.0 Å². The lowest BCUT2D eigenvalue weighted by Crippen LogP contribution is -2.70. The normalized spacial score (nSPS) is 43.0. The molecule has 0 aromatic heterocycles. The van der Waals surface area contributed by atoms with Crippen molar-refractivity contribution < 1.29 is 0 Å². The Bertz CT molecular complexity index is 1010. The first-order chi connectivity index (χ1) is 12.9. The summed E-state index contributed by atoms with van der Waals surface area (Å²) >= 11 is 50.7. The summed E-state index contributed by atoms with van der Waals surface area (Å²) in [5.41, 5.74) is -2.63. The average Bonchev–Trinajstić information content (AvgIpc) is 2.69. The van der Waals surface area contributed by atoms with Crippen LogP contribution in [0.2, 0.25) is 0 Å². The van der Waals surface area contributed by atoms with Gasteiger partial charge in [-0.25, -0.2) is 0 Å². The maximum absolute atomic E-state index is 10.1. The highest BCUT2D eigenvalue weighted by atomic mass is 35.5. The lowest BCUT2D eigenvalue weighted by molar-refractivity contribution is 0.307. The maximum Gasteiger partial charge on any atom is 0.189 e. The Kier molecular flexibility index (Phi) is 6.49. The number of hydrogen-bond donors (Lipinski definition) is 0. The molecule has 0 amide bonds. The number of halogens is 8. The van der Waals surface area contributed by atoms with Gasteiger partial charge < -0.3 is 0 Å². The smallest absolute Gasteiger partial charge is 0.189 e. The molecule has 0 aliphatic heterocycles. The number of nitrogens with zero attached hydrogens (tertiary/aromatic N) is 4. The van der Waals surface area contributed by atoms with Crippen molar-refractivity contribution in [1.29, 1.82) is 21.0 Å². The molecule has 0 N–H and O–H groups in total. The molecule has 0 radical (unpaired) electrons. The molecular weight excluding hydrogens is 532 g/mol. The molecule has 6 atom stereocenters. The van der Waals surface area contributed by atoms with E-state index in [4.69, 9.17) is 92.8 Å². The van der Waals surface area contributed by atoms with Crippen LogP contribution in [0.3, 0.4) is 0 Å². The fourth-order valence-corrected chi connectivity index (χ4v) is 6.27. The summed E-state index contributed by atoms with van der Waals surface area (Å²) in [6.45, 7) is 0. The number of nitriles is 4. The van der Waals surface area contributed by atoms with Crippen LogP contribution in [-0.2, 0) is 0 Å². The van der Waals surface area contributed by atoms with E-state index < -0.39 is 35.8 Å². The molecule has 0 aromatic rings. The Hall–Kier alpha value is -0.500. The molecule has 12 heteroatoms. The van der Waals surface area contributed by atoms with Gasteiger partial charge in [0, 0.05) is 0 Å². The summed E-state index contributed by atoms with van der Waals surface area (Å²) in [6, 6.07) is 6.93. The van der Waals surface area contributed by atoms with Gasteiger partial charge in [-0.05, 0) is 0 Å². The molecule has 2 aliphatic carbocycles. The Balaban J connectivity index is 3.05. The second kappa shape index (κ2) is 7.64. The third kappa shape index (κ3) is 2.55. The maximum atomic E-state index is 10.1. The van der Waals surface area contributed by atoms with Crippen molar-refractivity contribution in [3.63, 3.8) is 0 Å². The first kappa shape index (κ1) is 23.8. The summed E-state index contributed by atoms with van der Waals surface area (Å²) in [4.78, 5) is -7.19. The Morgan fingerprint density at radius 1 is 0.857 bits per heavy atom. The van der Waals surface area contributed by atoms with Crippen LogP contribution in [0, 0.1) is 50.7 Å². The van der Waals surface area contributed by atoms with E-state index in [-0.39, 0.29) is 15.6 Å². The molecule has 0 aromatic carbocycles. The van der Waals surface area contributed by atoms with Crippen LogP contribution in [0.4, 0.5) is 0 Å². The van der Waals surface area contributed by atoms with Crippen molar-refractivity contribution in [3.8, 4) is 24.3 Å². The zero-order valence-corrected chi connectivity index (χ0v) is 19.2. The van der Waals surface area contributed by atoms with E-state index in [1.165, 1.54) is 6.08 Å². The molecule has 6 unspecified atom stereocenters. The average molecular weight is 536 g/mol. The predicted octanol–water partition coefficient (Wildman–Crippen LogP) is 5.98. The van der Waals surface area contributed by atoms with Gasteiger partial charge in [-0.15, -0.1) is 34.8 Å². The minimum absolute atomic E-state index is 0.287. The summed E-state index contributed by atoms with van der Waals surface area (Å²) in [5.74, 6) is 0. The molecule has 2 aliphatic rings. The second-order valence-electron chi connectivity index (χ2n) is 5.82. The molecule has 4 nitrogen and oxygen atoms in total.